The maximum Gasteiger partial charge on any atom is 0.251 e. The molecule has 6 nitrogen and oxygen atoms in total. The van der Waals surface area contributed by atoms with Gasteiger partial charge in [-0.25, -0.2) is 0 Å². The third kappa shape index (κ3) is 3.82. The molecule has 24 heavy (non-hydrogen) atoms. The lowest BCUT2D eigenvalue weighted by molar-refractivity contribution is 0.0932. The van der Waals surface area contributed by atoms with Crippen LogP contribution in [0.1, 0.15) is 78.6 Å². The Morgan fingerprint density at radius 3 is 2.67 bits per heavy atom. The highest BCUT2D eigenvalue weighted by molar-refractivity contribution is 5.94. The Balaban J connectivity index is 1.62. The van der Waals surface area contributed by atoms with Crippen molar-refractivity contribution in [1.29, 1.82) is 0 Å². The van der Waals surface area contributed by atoms with Crippen LogP contribution in [0.4, 0.5) is 0 Å². The van der Waals surface area contributed by atoms with Crippen LogP contribution in [0.3, 0.4) is 0 Å². The third-order valence-electron chi connectivity index (χ3n) is 4.60. The van der Waals surface area contributed by atoms with Gasteiger partial charge in [0, 0.05) is 18.0 Å². The molecule has 1 fully saturated rings. The Hall–Kier alpha value is -2.21. The predicted molar refractivity (Wildman–Crippen MR) is 90.3 cm³/mol. The molecule has 1 unspecified atom stereocenters. The molecule has 128 valence electrons. The molecule has 0 saturated heterocycles. The van der Waals surface area contributed by atoms with Gasteiger partial charge in [-0.05, 0) is 37.5 Å². The van der Waals surface area contributed by atoms with Crippen LogP contribution in [0.5, 0.6) is 0 Å². The normalized spacial score (nSPS) is 16.8. The molecule has 2 aromatic rings. The smallest absolute Gasteiger partial charge is 0.251 e. The summed E-state index contributed by atoms with van der Waals surface area (Å²) in [5.41, 5.74) is 7.15. The number of nitrogens with two attached hydrogens (primary N) is 1. The monoisotopic (exact) mass is 328 g/mol. The minimum atomic E-state index is -0.323. The molecule has 1 aliphatic carbocycles. The van der Waals surface area contributed by atoms with Crippen molar-refractivity contribution in [3.8, 4) is 0 Å². The van der Waals surface area contributed by atoms with Gasteiger partial charge in [-0.3, -0.25) is 4.79 Å². The lowest BCUT2D eigenvalue weighted by atomic mass is 9.89. The summed E-state index contributed by atoms with van der Waals surface area (Å²) in [4.78, 5) is 16.8. The Morgan fingerprint density at radius 2 is 2.00 bits per heavy atom. The third-order valence-corrected chi connectivity index (χ3v) is 4.60. The standard InChI is InChI=1S/C18H24N4O2/c1-12(20-17(23)15-9-7-13(11-19)8-10-15)18-21-16(22-24-18)14-5-3-2-4-6-14/h7-10,12,14H,2-6,11,19H2,1H3,(H,20,23). The predicted octanol–water partition coefficient (Wildman–Crippen LogP) is 3.07. The van der Waals surface area contributed by atoms with Crippen LogP contribution in [0.15, 0.2) is 28.8 Å². The van der Waals surface area contributed by atoms with Gasteiger partial charge in [0.1, 0.15) is 6.04 Å². The fourth-order valence-corrected chi connectivity index (χ4v) is 3.08. The first kappa shape index (κ1) is 16.6. The van der Waals surface area contributed by atoms with Crippen molar-refractivity contribution in [1.82, 2.24) is 15.5 Å². The quantitative estimate of drug-likeness (QED) is 0.879. The van der Waals surface area contributed by atoms with Crippen molar-refractivity contribution in [2.24, 2.45) is 5.73 Å². The molecule has 1 aromatic heterocycles. The number of rotatable bonds is 5. The summed E-state index contributed by atoms with van der Waals surface area (Å²) in [6.45, 7) is 2.31. The van der Waals surface area contributed by atoms with E-state index in [-0.39, 0.29) is 11.9 Å². The second-order valence-electron chi connectivity index (χ2n) is 6.42. The second-order valence-corrected chi connectivity index (χ2v) is 6.42. The number of amides is 1. The number of carbonyl (C=O) groups excluding carboxylic acids is 1. The maximum absolute atomic E-state index is 12.3. The molecular weight excluding hydrogens is 304 g/mol. The van der Waals surface area contributed by atoms with Crippen molar-refractivity contribution in [2.75, 3.05) is 0 Å². The van der Waals surface area contributed by atoms with Gasteiger partial charge in [0.2, 0.25) is 5.89 Å². The lowest BCUT2D eigenvalue weighted by Gasteiger charge is -2.17. The number of nitrogens with one attached hydrogen (secondary N) is 1. The van der Waals surface area contributed by atoms with Gasteiger partial charge in [0.15, 0.2) is 5.82 Å². The number of carbonyl (C=O) groups is 1. The fourth-order valence-electron chi connectivity index (χ4n) is 3.08. The number of benzene rings is 1. The highest BCUT2D eigenvalue weighted by Crippen LogP contribution is 2.31. The molecule has 3 rings (SSSR count). The van der Waals surface area contributed by atoms with Crippen molar-refractivity contribution in [3.63, 3.8) is 0 Å². The van der Waals surface area contributed by atoms with E-state index in [2.05, 4.69) is 15.5 Å². The average Bonchev–Trinajstić information content (AvgIpc) is 3.13. The molecule has 0 radical (unpaired) electrons. The average molecular weight is 328 g/mol. The topological polar surface area (TPSA) is 94.0 Å². The fraction of sp³-hybridized carbons (Fsp3) is 0.500. The summed E-state index contributed by atoms with van der Waals surface area (Å²) < 4.78 is 5.36. The van der Waals surface area contributed by atoms with Crippen molar-refractivity contribution >= 4 is 5.91 Å². The molecule has 1 saturated carbocycles. The van der Waals surface area contributed by atoms with Gasteiger partial charge >= 0.3 is 0 Å². The van der Waals surface area contributed by atoms with E-state index < -0.39 is 0 Å². The number of nitrogens with zero attached hydrogens (tertiary/aromatic N) is 2. The van der Waals surface area contributed by atoms with Crippen LogP contribution in [0.25, 0.3) is 0 Å². The van der Waals surface area contributed by atoms with E-state index in [9.17, 15) is 4.79 Å². The van der Waals surface area contributed by atoms with Crippen LogP contribution >= 0.6 is 0 Å². The molecule has 3 N–H and O–H groups in total. The lowest BCUT2D eigenvalue weighted by Crippen LogP contribution is -2.27. The molecule has 6 heteroatoms. The number of hydrogen-bond donors (Lipinski definition) is 2. The van der Waals surface area contributed by atoms with Gasteiger partial charge in [0.25, 0.3) is 5.91 Å². The van der Waals surface area contributed by atoms with Crippen molar-refractivity contribution < 1.29 is 9.32 Å². The number of aromatic nitrogens is 2. The highest BCUT2D eigenvalue weighted by atomic mass is 16.5. The molecule has 0 aliphatic heterocycles. The molecule has 1 atom stereocenters. The van der Waals surface area contributed by atoms with Crippen LogP contribution in [-0.4, -0.2) is 16.0 Å². The van der Waals surface area contributed by atoms with Crippen molar-refractivity contribution in [2.45, 2.75) is 57.5 Å². The molecule has 1 aliphatic rings. The van der Waals surface area contributed by atoms with E-state index in [1.165, 1.54) is 19.3 Å². The zero-order chi connectivity index (χ0) is 16.9. The molecule has 1 heterocycles. The highest BCUT2D eigenvalue weighted by Gasteiger charge is 2.23. The Labute approximate surface area is 141 Å². The zero-order valence-corrected chi connectivity index (χ0v) is 14.0. The summed E-state index contributed by atoms with van der Waals surface area (Å²) in [6, 6.07) is 6.93. The summed E-state index contributed by atoms with van der Waals surface area (Å²) in [5, 5.41) is 7.01. The van der Waals surface area contributed by atoms with E-state index in [0.717, 1.165) is 24.2 Å². The molecule has 1 aromatic carbocycles. The number of hydrogen-bond acceptors (Lipinski definition) is 5. The van der Waals surface area contributed by atoms with E-state index in [1.54, 1.807) is 12.1 Å². The van der Waals surface area contributed by atoms with Crippen LogP contribution < -0.4 is 11.1 Å². The first-order chi connectivity index (χ1) is 11.7. The first-order valence-corrected chi connectivity index (χ1v) is 8.60. The summed E-state index contributed by atoms with van der Waals surface area (Å²) >= 11 is 0. The molecular formula is C18H24N4O2. The van der Waals surface area contributed by atoms with Crippen LogP contribution in [0, 0.1) is 0 Å². The van der Waals surface area contributed by atoms with E-state index in [1.807, 2.05) is 19.1 Å². The molecule has 0 spiro atoms. The molecule has 0 bridgehead atoms. The summed E-state index contributed by atoms with van der Waals surface area (Å²) in [7, 11) is 0. The maximum atomic E-state index is 12.3. The summed E-state index contributed by atoms with van der Waals surface area (Å²) in [6.07, 6.45) is 5.97. The van der Waals surface area contributed by atoms with Crippen LogP contribution in [0.2, 0.25) is 0 Å². The minimum absolute atomic E-state index is 0.163. The van der Waals surface area contributed by atoms with Gasteiger partial charge in [-0.2, -0.15) is 4.98 Å². The van der Waals surface area contributed by atoms with Gasteiger partial charge < -0.3 is 15.6 Å². The zero-order valence-electron chi connectivity index (χ0n) is 14.0. The molecule has 1 amide bonds. The van der Waals surface area contributed by atoms with E-state index >= 15 is 0 Å². The minimum Gasteiger partial charge on any atom is -0.341 e. The van der Waals surface area contributed by atoms with Gasteiger partial charge in [0.05, 0.1) is 0 Å². The Bertz CT molecular complexity index is 675. The van der Waals surface area contributed by atoms with E-state index in [0.29, 0.717) is 23.9 Å². The second kappa shape index (κ2) is 7.57. The summed E-state index contributed by atoms with van der Waals surface area (Å²) in [5.74, 6) is 1.46. The van der Waals surface area contributed by atoms with Gasteiger partial charge in [-0.1, -0.05) is 36.6 Å². The Kier molecular flexibility index (Phi) is 5.25. The first-order valence-electron chi connectivity index (χ1n) is 8.60. The Morgan fingerprint density at radius 1 is 1.29 bits per heavy atom. The van der Waals surface area contributed by atoms with Crippen LogP contribution in [-0.2, 0) is 6.54 Å². The SMILES string of the molecule is CC(NC(=O)c1ccc(CN)cc1)c1nc(C2CCCCC2)no1. The van der Waals surface area contributed by atoms with E-state index in [4.69, 9.17) is 10.3 Å². The van der Waals surface area contributed by atoms with Crippen molar-refractivity contribution in [3.05, 3.63) is 47.1 Å². The van der Waals surface area contributed by atoms with Gasteiger partial charge in [-0.15, -0.1) is 0 Å². The largest absolute Gasteiger partial charge is 0.341 e.